The largest absolute Gasteiger partial charge is 0.462 e. The second kappa shape index (κ2) is 8.49. The molecule has 0 aliphatic carbocycles. The Morgan fingerprint density at radius 1 is 1.11 bits per heavy atom. The van der Waals surface area contributed by atoms with Gasteiger partial charge in [0.25, 0.3) is 0 Å². The number of nitrogens with one attached hydrogen (secondary N) is 1. The molecule has 1 unspecified atom stereocenters. The molecule has 2 amide bonds. The van der Waals surface area contributed by atoms with Crippen LogP contribution in [0.2, 0.25) is 0 Å². The maximum Gasteiger partial charge on any atom is 0.338 e. The molecule has 2 aromatic rings. The summed E-state index contributed by atoms with van der Waals surface area (Å²) in [7, 11) is 0. The quantitative estimate of drug-likeness (QED) is 0.798. The molecule has 1 N–H and O–H groups in total. The molecule has 0 aromatic heterocycles. The minimum atomic E-state index is -0.395. The first-order chi connectivity index (χ1) is 13.1. The van der Waals surface area contributed by atoms with E-state index in [1.807, 2.05) is 30.3 Å². The maximum absolute atomic E-state index is 12.5. The van der Waals surface area contributed by atoms with E-state index in [1.165, 1.54) is 0 Å². The highest BCUT2D eigenvalue weighted by atomic mass is 16.5. The average molecular weight is 366 g/mol. The molecule has 3 rings (SSSR count). The number of hydrogen-bond acceptors (Lipinski definition) is 4. The van der Waals surface area contributed by atoms with Gasteiger partial charge in [0, 0.05) is 25.2 Å². The Morgan fingerprint density at radius 2 is 1.81 bits per heavy atom. The van der Waals surface area contributed by atoms with Crippen LogP contribution in [0.5, 0.6) is 0 Å². The molecular formula is C21H22N2O4. The van der Waals surface area contributed by atoms with Gasteiger partial charge < -0.3 is 15.0 Å². The van der Waals surface area contributed by atoms with E-state index in [0.29, 0.717) is 30.9 Å². The SMILES string of the molecule is CCOC(=O)c1ccc(NC(=O)C2CC(=O)N(Cc3ccccc3)C2)cc1. The molecular weight excluding hydrogens is 344 g/mol. The minimum absolute atomic E-state index is 0.0170. The van der Waals surface area contributed by atoms with Crippen LogP contribution < -0.4 is 5.32 Å². The lowest BCUT2D eigenvalue weighted by Gasteiger charge is -2.16. The van der Waals surface area contributed by atoms with Crippen LogP contribution in [0.1, 0.15) is 29.3 Å². The molecule has 0 spiro atoms. The van der Waals surface area contributed by atoms with Crippen molar-refractivity contribution in [3.8, 4) is 0 Å². The van der Waals surface area contributed by atoms with Crippen LogP contribution in [0.15, 0.2) is 54.6 Å². The number of benzene rings is 2. The molecule has 1 atom stereocenters. The molecule has 1 fully saturated rings. The Labute approximate surface area is 158 Å². The predicted molar refractivity (Wildman–Crippen MR) is 101 cm³/mol. The smallest absolute Gasteiger partial charge is 0.338 e. The second-order valence-corrected chi connectivity index (χ2v) is 6.45. The first-order valence-electron chi connectivity index (χ1n) is 8.96. The highest BCUT2D eigenvalue weighted by molar-refractivity contribution is 5.97. The number of nitrogens with zero attached hydrogens (tertiary/aromatic N) is 1. The monoisotopic (exact) mass is 366 g/mol. The normalized spacial score (nSPS) is 16.3. The third kappa shape index (κ3) is 4.73. The van der Waals surface area contributed by atoms with Crippen molar-refractivity contribution in [3.63, 3.8) is 0 Å². The van der Waals surface area contributed by atoms with Gasteiger partial charge in [0.15, 0.2) is 0 Å². The summed E-state index contributed by atoms with van der Waals surface area (Å²) < 4.78 is 4.93. The van der Waals surface area contributed by atoms with Gasteiger partial charge in [0.2, 0.25) is 11.8 Å². The minimum Gasteiger partial charge on any atom is -0.462 e. The molecule has 6 nitrogen and oxygen atoms in total. The Kier molecular flexibility index (Phi) is 5.86. The predicted octanol–water partition coefficient (Wildman–Crippen LogP) is 2.85. The summed E-state index contributed by atoms with van der Waals surface area (Å²) in [6.45, 7) is 2.97. The summed E-state index contributed by atoms with van der Waals surface area (Å²) in [5.41, 5.74) is 2.06. The van der Waals surface area contributed by atoms with Gasteiger partial charge in [-0.1, -0.05) is 30.3 Å². The average Bonchev–Trinajstić information content (AvgIpc) is 3.04. The molecule has 6 heteroatoms. The highest BCUT2D eigenvalue weighted by Crippen LogP contribution is 2.22. The van der Waals surface area contributed by atoms with Crippen molar-refractivity contribution in [1.29, 1.82) is 0 Å². The van der Waals surface area contributed by atoms with Crippen molar-refractivity contribution < 1.29 is 19.1 Å². The Morgan fingerprint density at radius 3 is 2.48 bits per heavy atom. The van der Waals surface area contributed by atoms with E-state index in [4.69, 9.17) is 4.74 Å². The van der Waals surface area contributed by atoms with Crippen LogP contribution >= 0.6 is 0 Å². The number of carbonyl (C=O) groups is 3. The summed E-state index contributed by atoms with van der Waals surface area (Å²) in [5, 5.41) is 2.82. The second-order valence-electron chi connectivity index (χ2n) is 6.45. The fourth-order valence-electron chi connectivity index (χ4n) is 3.05. The molecule has 1 saturated heterocycles. The number of ether oxygens (including phenoxy) is 1. The Hall–Kier alpha value is -3.15. The van der Waals surface area contributed by atoms with Crippen molar-refractivity contribution in [2.75, 3.05) is 18.5 Å². The molecule has 1 aliphatic heterocycles. The van der Waals surface area contributed by atoms with Gasteiger partial charge >= 0.3 is 5.97 Å². The molecule has 2 aromatic carbocycles. The first-order valence-corrected chi connectivity index (χ1v) is 8.96. The van der Waals surface area contributed by atoms with Crippen molar-refractivity contribution in [2.24, 2.45) is 5.92 Å². The van der Waals surface area contributed by atoms with Crippen LogP contribution in [0.3, 0.4) is 0 Å². The fraction of sp³-hybridized carbons (Fsp3) is 0.286. The lowest BCUT2D eigenvalue weighted by atomic mass is 10.1. The van der Waals surface area contributed by atoms with Crippen LogP contribution in [-0.2, 0) is 20.9 Å². The highest BCUT2D eigenvalue weighted by Gasteiger charge is 2.34. The van der Waals surface area contributed by atoms with Gasteiger partial charge in [-0.2, -0.15) is 0 Å². The van der Waals surface area contributed by atoms with E-state index in [9.17, 15) is 14.4 Å². The number of likely N-dealkylation sites (tertiary alicyclic amines) is 1. The van der Waals surface area contributed by atoms with Crippen molar-refractivity contribution in [2.45, 2.75) is 19.9 Å². The lowest BCUT2D eigenvalue weighted by molar-refractivity contribution is -0.128. The number of carbonyl (C=O) groups excluding carboxylic acids is 3. The third-order valence-corrected chi connectivity index (χ3v) is 4.47. The standard InChI is InChI=1S/C21H22N2O4/c1-2-27-21(26)16-8-10-18(11-9-16)22-20(25)17-12-19(24)23(14-17)13-15-6-4-3-5-7-15/h3-11,17H,2,12-14H2,1H3,(H,22,25). The Bertz CT molecular complexity index is 818. The van der Waals surface area contributed by atoms with Gasteiger partial charge in [-0.15, -0.1) is 0 Å². The van der Waals surface area contributed by atoms with Crippen LogP contribution in [0, 0.1) is 5.92 Å². The number of rotatable bonds is 6. The third-order valence-electron chi connectivity index (χ3n) is 4.47. The van der Waals surface area contributed by atoms with Crippen molar-refractivity contribution in [1.82, 2.24) is 4.90 Å². The van der Waals surface area contributed by atoms with E-state index in [1.54, 1.807) is 36.1 Å². The molecule has 0 saturated carbocycles. The summed E-state index contributed by atoms with van der Waals surface area (Å²) in [5.74, 6) is -0.987. The zero-order chi connectivity index (χ0) is 19.2. The number of esters is 1. The molecule has 0 radical (unpaired) electrons. The van der Waals surface area contributed by atoms with E-state index in [2.05, 4.69) is 5.32 Å². The number of hydrogen-bond donors (Lipinski definition) is 1. The zero-order valence-electron chi connectivity index (χ0n) is 15.2. The summed E-state index contributed by atoms with van der Waals surface area (Å²) in [4.78, 5) is 38.1. The summed E-state index contributed by atoms with van der Waals surface area (Å²) >= 11 is 0. The summed E-state index contributed by atoms with van der Waals surface area (Å²) in [6.07, 6.45) is 0.208. The molecule has 27 heavy (non-hydrogen) atoms. The van der Waals surface area contributed by atoms with Crippen molar-refractivity contribution >= 4 is 23.5 Å². The Balaban J connectivity index is 1.57. The molecule has 140 valence electrons. The van der Waals surface area contributed by atoms with Crippen LogP contribution in [0.25, 0.3) is 0 Å². The van der Waals surface area contributed by atoms with Gasteiger partial charge in [0.05, 0.1) is 18.1 Å². The number of amides is 2. The van der Waals surface area contributed by atoms with Crippen LogP contribution in [0.4, 0.5) is 5.69 Å². The number of anilines is 1. The molecule has 1 aliphatic rings. The zero-order valence-corrected chi connectivity index (χ0v) is 15.2. The first kappa shape index (κ1) is 18.6. The van der Waals surface area contributed by atoms with Gasteiger partial charge in [0.1, 0.15) is 0 Å². The molecule has 0 bridgehead atoms. The van der Waals surface area contributed by atoms with E-state index in [-0.39, 0.29) is 24.2 Å². The summed E-state index contributed by atoms with van der Waals surface area (Å²) in [6, 6.07) is 16.2. The topological polar surface area (TPSA) is 75.7 Å². The van der Waals surface area contributed by atoms with Gasteiger partial charge in [-0.3, -0.25) is 9.59 Å². The van der Waals surface area contributed by atoms with E-state index in [0.717, 1.165) is 5.56 Å². The van der Waals surface area contributed by atoms with Gasteiger partial charge in [-0.05, 0) is 36.8 Å². The van der Waals surface area contributed by atoms with E-state index >= 15 is 0 Å². The lowest BCUT2D eigenvalue weighted by Crippen LogP contribution is -2.28. The maximum atomic E-state index is 12.5. The van der Waals surface area contributed by atoms with Gasteiger partial charge in [-0.25, -0.2) is 4.79 Å². The van der Waals surface area contributed by atoms with Crippen molar-refractivity contribution in [3.05, 3.63) is 65.7 Å². The van der Waals surface area contributed by atoms with E-state index < -0.39 is 5.97 Å². The molecule has 1 heterocycles. The fourth-order valence-corrected chi connectivity index (χ4v) is 3.05. The van der Waals surface area contributed by atoms with Crippen LogP contribution in [-0.4, -0.2) is 35.8 Å².